The molecule has 3 nitrogen and oxygen atoms in total. The van der Waals surface area contributed by atoms with Gasteiger partial charge in [0, 0.05) is 5.02 Å². The van der Waals surface area contributed by atoms with Crippen molar-refractivity contribution in [2.75, 3.05) is 5.32 Å². The molecule has 0 aliphatic rings. The molecule has 17 heavy (non-hydrogen) atoms. The molecule has 0 fully saturated rings. The van der Waals surface area contributed by atoms with Crippen LogP contribution in [0.3, 0.4) is 0 Å². The molecule has 1 N–H and O–H groups in total. The molecule has 1 atom stereocenters. The average molecular weight is 248 g/mol. The molecular formula is C13H14ClN3. The summed E-state index contributed by atoms with van der Waals surface area (Å²) in [6.07, 6.45) is 0. The number of hydrogen-bond acceptors (Lipinski definition) is 3. The Labute approximate surface area is 106 Å². The van der Waals surface area contributed by atoms with E-state index < -0.39 is 0 Å². The summed E-state index contributed by atoms with van der Waals surface area (Å²) in [5, 5.41) is 12.1. The Hall–Kier alpha value is -1.61. The first kappa shape index (κ1) is 11.9. The Balaban J connectivity index is 2.11. The first-order valence-corrected chi connectivity index (χ1v) is 5.85. The first-order valence-electron chi connectivity index (χ1n) is 5.47. The minimum absolute atomic E-state index is 0.144. The van der Waals surface area contributed by atoms with E-state index in [9.17, 15) is 0 Å². The maximum Gasteiger partial charge on any atom is 0.149 e. The van der Waals surface area contributed by atoms with Crippen LogP contribution in [0.1, 0.15) is 24.2 Å². The molecule has 1 heterocycles. The van der Waals surface area contributed by atoms with Crippen LogP contribution in [0.4, 0.5) is 5.82 Å². The van der Waals surface area contributed by atoms with Crippen LogP contribution in [0.5, 0.6) is 0 Å². The van der Waals surface area contributed by atoms with Crippen molar-refractivity contribution >= 4 is 17.4 Å². The maximum atomic E-state index is 5.96. The quantitative estimate of drug-likeness (QED) is 0.900. The van der Waals surface area contributed by atoms with Gasteiger partial charge >= 0.3 is 0 Å². The van der Waals surface area contributed by atoms with E-state index >= 15 is 0 Å². The molecule has 1 aromatic heterocycles. The van der Waals surface area contributed by atoms with Gasteiger partial charge < -0.3 is 5.32 Å². The van der Waals surface area contributed by atoms with Crippen molar-refractivity contribution in [3.63, 3.8) is 0 Å². The van der Waals surface area contributed by atoms with Gasteiger partial charge in [-0.2, -0.15) is 5.10 Å². The Morgan fingerprint density at radius 1 is 1.18 bits per heavy atom. The molecule has 0 radical (unpaired) electrons. The highest BCUT2D eigenvalue weighted by molar-refractivity contribution is 6.30. The van der Waals surface area contributed by atoms with Crippen molar-refractivity contribution < 1.29 is 0 Å². The second-order valence-corrected chi connectivity index (χ2v) is 4.42. The third-order valence-corrected chi connectivity index (χ3v) is 2.75. The largest absolute Gasteiger partial charge is 0.362 e. The first-order chi connectivity index (χ1) is 8.15. The molecule has 0 amide bonds. The van der Waals surface area contributed by atoms with Gasteiger partial charge in [0.15, 0.2) is 0 Å². The molecule has 0 aliphatic heterocycles. The molecule has 0 bridgehead atoms. The number of aromatic nitrogens is 2. The van der Waals surface area contributed by atoms with Crippen molar-refractivity contribution in [1.82, 2.24) is 10.2 Å². The monoisotopic (exact) mass is 247 g/mol. The van der Waals surface area contributed by atoms with E-state index in [2.05, 4.69) is 22.4 Å². The van der Waals surface area contributed by atoms with E-state index in [1.807, 2.05) is 43.3 Å². The van der Waals surface area contributed by atoms with E-state index in [1.54, 1.807) is 0 Å². The maximum absolute atomic E-state index is 5.96. The number of nitrogens with one attached hydrogen (secondary N) is 1. The fourth-order valence-electron chi connectivity index (χ4n) is 1.56. The number of hydrogen-bond donors (Lipinski definition) is 1. The Bertz CT molecular complexity index is 496. The SMILES string of the molecule is Cc1ccc(NC(C)c2cccc(Cl)c2)nn1. The summed E-state index contributed by atoms with van der Waals surface area (Å²) in [6, 6.07) is 11.8. The van der Waals surface area contributed by atoms with Crippen LogP contribution in [0, 0.1) is 6.92 Å². The summed E-state index contributed by atoms with van der Waals surface area (Å²) in [4.78, 5) is 0. The molecular weight excluding hydrogens is 234 g/mol. The summed E-state index contributed by atoms with van der Waals surface area (Å²) in [5.41, 5.74) is 2.03. The van der Waals surface area contributed by atoms with Crippen molar-refractivity contribution in [3.8, 4) is 0 Å². The van der Waals surface area contributed by atoms with Gasteiger partial charge in [-0.15, -0.1) is 5.10 Å². The number of benzene rings is 1. The topological polar surface area (TPSA) is 37.8 Å². The predicted molar refractivity (Wildman–Crippen MR) is 70.3 cm³/mol. The zero-order valence-electron chi connectivity index (χ0n) is 9.81. The number of halogens is 1. The van der Waals surface area contributed by atoms with Gasteiger partial charge in [-0.25, -0.2) is 0 Å². The zero-order valence-corrected chi connectivity index (χ0v) is 10.6. The van der Waals surface area contributed by atoms with Gasteiger partial charge in [0.2, 0.25) is 0 Å². The van der Waals surface area contributed by atoms with Gasteiger partial charge in [-0.3, -0.25) is 0 Å². The number of rotatable bonds is 3. The predicted octanol–water partition coefficient (Wildman–Crippen LogP) is 3.61. The normalized spacial score (nSPS) is 12.2. The fourth-order valence-corrected chi connectivity index (χ4v) is 1.76. The molecule has 0 spiro atoms. The van der Waals surface area contributed by atoms with Crippen molar-refractivity contribution in [1.29, 1.82) is 0 Å². The van der Waals surface area contributed by atoms with E-state index in [4.69, 9.17) is 11.6 Å². The van der Waals surface area contributed by atoms with Gasteiger partial charge in [-0.05, 0) is 43.7 Å². The van der Waals surface area contributed by atoms with Crippen molar-refractivity contribution in [2.45, 2.75) is 19.9 Å². The van der Waals surface area contributed by atoms with E-state index in [-0.39, 0.29) is 6.04 Å². The molecule has 1 unspecified atom stereocenters. The molecule has 0 aliphatic carbocycles. The Morgan fingerprint density at radius 2 is 2.00 bits per heavy atom. The molecule has 4 heteroatoms. The molecule has 2 rings (SSSR count). The van der Waals surface area contributed by atoms with Gasteiger partial charge in [0.05, 0.1) is 11.7 Å². The summed E-state index contributed by atoms with van der Waals surface area (Å²) >= 11 is 5.96. The van der Waals surface area contributed by atoms with Crippen molar-refractivity contribution in [2.24, 2.45) is 0 Å². The third-order valence-electron chi connectivity index (χ3n) is 2.51. The highest BCUT2D eigenvalue weighted by atomic mass is 35.5. The highest BCUT2D eigenvalue weighted by Gasteiger charge is 2.06. The Kier molecular flexibility index (Phi) is 3.59. The number of anilines is 1. The number of nitrogens with zero attached hydrogens (tertiary/aromatic N) is 2. The van der Waals surface area contributed by atoms with E-state index in [1.165, 1.54) is 0 Å². The minimum atomic E-state index is 0.144. The van der Waals surface area contributed by atoms with Crippen molar-refractivity contribution in [3.05, 3.63) is 52.7 Å². The second kappa shape index (κ2) is 5.15. The van der Waals surface area contributed by atoms with Crippen LogP contribution >= 0.6 is 11.6 Å². The minimum Gasteiger partial charge on any atom is -0.362 e. The zero-order chi connectivity index (χ0) is 12.3. The third kappa shape index (κ3) is 3.17. The Morgan fingerprint density at radius 3 is 2.65 bits per heavy atom. The summed E-state index contributed by atoms with van der Waals surface area (Å²) in [7, 11) is 0. The summed E-state index contributed by atoms with van der Waals surface area (Å²) in [6.45, 7) is 3.98. The summed E-state index contributed by atoms with van der Waals surface area (Å²) in [5.74, 6) is 0.767. The number of aryl methyl sites for hydroxylation is 1. The second-order valence-electron chi connectivity index (χ2n) is 3.98. The molecule has 0 saturated heterocycles. The van der Waals surface area contributed by atoms with Crippen LogP contribution in [0.15, 0.2) is 36.4 Å². The van der Waals surface area contributed by atoms with Gasteiger partial charge in [0.1, 0.15) is 5.82 Å². The molecule has 0 saturated carbocycles. The van der Waals surface area contributed by atoms with Crippen LogP contribution < -0.4 is 5.32 Å². The van der Waals surface area contributed by atoms with Crippen LogP contribution in [0.2, 0.25) is 5.02 Å². The van der Waals surface area contributed by atoms with Crippen LogP contribution in [-0.4, -0.2) is 10.2 Å². The van der Waals surface area contributed by atoms with Crippen LogP contribution in [0.25, 0.3) is 0 Å². The standard InChI is InChI=1S/C13H14ClN3/c1-9-6-7-13(17-16-9)15-10(2)11-4-3-5-12(14)8-11/h3-8,10H,1-2H3,(H,15,17). The lowest BCUT2D eigenvalue weighted by Crippen LogP contribution is -2.08. The van der Waals surface area contributed by atoms with E-state index in [0.717, 1.165) is 22.1 Å². The van der Waals surface area contributed by atoms with Gasteiger partial charge in [0.25, 0.3) is 0 Å². The highest BCUT2D eigenvalue weighted by Crippen LogP contribution is 2.20. The molecule has 88 valence electrons. The smallest absolute Gasteiger partial charge is 0.149 e. The van der Waals surface area contributed by atoms with E-state index in [0.29, 0.717) is 0 Å². The lowest BCUT2D eigenvalue weighted by molar-refractivity contribution is 0.855. The average Bonchev–Trinajstić information content (AvgIpc) is 2.32. The molecule has 2 aromatic rings. The van der Waals surface area contributed by atoms with Gasteiger partial charge in [-0.1, -0.05) is 23.7 Å². The van der Waals surface area contributed by atoms with Crippen LogP contribution in [-0.2, 0) is 0 Å². The summed E-state index contributed by atoms with van der Waals surface area (Å²) < 4.78 is 0. The lowest BCUT2D eigenvalue weighted by Gasteiger charge is -2.14. The lowest BCUT2D eigenvalue weighted by atomic mass is 10.1. The fraction of sp³-hybridized carbons (Fsp3) is 0.231. The molecule has 1 aromatic carbocycles.